The Kier molecular flexibility index (Phi) is 4.72. The Labute approximate surface area is 115 Å². The normalized spacial score (nSPS) is 24.4. The van der Waals surface area contributed by atoms with Crippen molar-refractivity contribution in [2.75, 3.05) is 19.6 Å². The summed E-state index contributed by atoms with van der Waals surface area (Å²) in [7, 11) is 0. The van der Waals surface area contributed by atoms with Crippen molar-refractivity contribution in [2.24, 2.45) is 0 Å². The zero-order chi connectivity index (χ0) is 13.8. The van der Waals surface area contributed by atoms with E-state index in [1.54, 1.807) is 0 Å². The molecule has 0 saturated carbocycles. The van der Waals surface area contributed by atoms with Crippen LogP contribution in [-0.2, 0) is 11.2 Å². The number of ether oxygens (including phenoxy) is 1. The standard InChI is InChI=1S/C16H23NO2/c1-4-14-5-7-15(8-6-14)16(18)11-17-9-12(2)19-13(3)10-17/h5-8,12-13H,4,9-11H2,1-3H3. The summed E-state index contributed by atoms with van der Waals surface area (Å²) in [4.78, 5) is 14.4. The summed E-state index contributed by atoms with van der Waals surface area (Å²) in [6.07, 6.45) is 1.42. The number of hydrogen-bond acceptors (Lipinski definition) is 3. The van der Waals surface area contributed by atoms with Gasteiger partial charge in [-0.3, -0.25) is 9.69 Å². The molecule has 1 aliphatic heterocycles. The van der Waals surface area contributed by atoms with Crippen LogP contribution >= 0.6 is 0 Å². The number of hydrogen-bond donors (Lipinski definition) is 0. The number of Topliss-reactive ketones (excluding diaryl/α,β-unsaturated/α-hetero) is 1. The molecule has 0 amide bonds. The summed E-state index contributed by atoms with van der Waals surface area (Å²) in [5.74, 6) is 0.198. The highest BCUT2D eigenvalue weighted by Crippen LogP contribution is 2.12. The minimum Gasteiger partial charge on any atom is -0.373 e. The van der Waals surface area contributed by atoms with Crippen LogP contribution < -0.4 is 0 Å². The van der Waals surface area contributed by atoms with Crippen LogP contribution in [0.15, 0.2) is 24.3 Å². The van der Waals surface area contributed by atoms with E-state index in [9.17, 15) is 4.79 Å². The zero-order valence-corrected chi connectivity index (χ0v) is 12.1. The first-order chi connectivity index (χ1) is 9.08. The van der Waals surface area contributed by atoms with Crippen LogP contribution in [0.5, 0.6) is 0 Å². The van der Waals surface area contributed by atoms with Gasteiger partial charge in [0.05, 0.1) is 18.8 Å². The van der Waals surface area contributed by atoms with E-state index in [0.29, 0.717) is 6.54 Å². The maximum atomic E-state index is 12.2. The second-order valence-electron chi connectivity index (χ2n) is 5.43. The molecule has 0 spiro atoms. The summed E-state index contributed by atoms with van der Waals surface area (Å²) < 4.78 is 5.68. The number of carbonyl (C=O) groups is 1. The number of morpholine rings is 1. The highest BCUT2D eigenvalue weighted by molar-refractivity contribution is 5.97. The molecular formula is C16H23NO2. The number of rotatable bonds is 4. The van der Waals surface area contributed by atoms with Crippen LogP contribution in [-0.4, -0.2) is 42.5 Å². The Morgan fingerprint density at radius 2 is 1.79 bits per heavy atom. The molecular weight excluding hydrogens is 238 g/mol. The third-order valence-corrected chi connectivity index (χ3v) is 3.55. The molecule has 0 radical (unpaired) electrons. The van der Waals surface area contributed by atoms with Gasteiger partial charge in [0.25, 0.3) is 0 Å². The zero-order valence-electron chi connectivity index (χ0n) is 12.1. The molecule has 2 unspecified atom stereocenters. The second-order valence-corrected chi connectivity index (χ2v) is 5.43. The lowest BCUT2D eigenvalue weighted by atomic mass is 10.1. The first-order valence-electron chi connectivity index (χ1n) is 7.08. The third kappa shape index (κ3) is 3.88. The van der Waals surface area contributed by atoms with Gasteiger partial charge < -0.3 is 4.74 Å². The lowest BCUT2D eigenvalue weighted by Crippen LogP contribution is -2.47. The predicted molar refractivity (Wildman–Crippen MR) is 76.6 cm³/mol. The number of aryl methyl sites for hydroxylation is 1. The van der Waals surface area contributed by atoms with Crippen molar-refractivity contribution in [3.63, 3.8) is 0 Å². The van der Waals surface area contributed by atoms with Gasteiger partial charge in [0.2, 0.25) is 0 Å². The molecule has 0 bridgehead atoms. The Morgan fingerprint density at radius 3 is 2.32 bits per heavy atom. The van der Waals surface area contributed by atoms with Gasteiger partial charge >= 0.3 is 0 Å². The monoisotopic (exact) mass is 261 g/mol. The van der Waals surface area contributed by atoms with Crippen LogP contribution in [0.1, 0.15) is 36.7 Å². The predicted octanol–water partition coefficient (Wildman–Crippen LogP) is 2.54. The minimum atomic E-state index is 0.198. The quantitative estimate of drug-likeness (QED) is 0.780. The Balaban J connectivity index is 1.96. The average Bonchev–Trinajstić information content (AvgIpc) is 2.37. The highest BCUT2D eigenvalue weighted by Gasteiger charge is 2.23. The molecule has 0 aromatic heterocycles. The van der Waals surface area contributed by atoms with E-state index < -0.39 is 0 Å². The van der Waals surface area contributed by atoms with Gasteiger partial charge in [-0.2, -0.15) is 0 Å². The second kappa shape index (κ2) is 6.31. The van der Waals surface area contributed by atoms with Crippen LogP contribution in [0.25, 0.3) is 0 Å². The van der Waals surface area contributed by atoms with E-state index in [0.717, 1.165) is 25.1 Å². The van der Waals surface area contributed by atoms with Crippen molar-refractivity contribution >= 4 is 5.78 Å². The maximum absolute atomic E-state index is 12.2. The molecule has 104 valence electrons. The molecule has 1 fully saturated rings. The molecule has 19 heavy (non-hydrogen) atoms. The lowest BCUT2D eigenvalue weighted by molar-refractivity contribution is -0.0652. The summed E-state index contributed by atoms with van der Waals surface area (Å²) in [6, 6.07) is 7.96. The number of ketones is 1. The van der Waals surface area contributed by atoms with Gasteiger partial charge in [0.1, 0.15) is 0 Å². The van der Waals surface area contributed by atoms with Crippen LogP contribution in [0, 0.1) is 0 Å². The summed E-state index contributed by atoms with van der Waals surface area (Å²) in [6.45, 7) is 8.40. The van der Waals surface area contributed by atoms with E-state index in [1.807, 2.05) is 24.3 Å². The van der Waals surface area contributed by atoms with E-state index >= 15 is 0 Å². The highest BCUT2D eigenvalue weighted by atomic mass is 16.5. The fraction of sp³-hybridized carbons (Fsp3) is 0.562. The molecule has 1 aliphatic rings. The van der Waals surface area contributed by atoms with Gasteiger partial charge in [0.15, 0.2) is 5.78 Å². The lowest BCUT2D eigenvalue weighted by Gasteiger charge is -2.34. The van der Waals surface area contributed by atoms with Gasteiger partial charge in [-0.15, -0.1) is 0 Å². The number of nitrogens with zero attached hydrogens (tertiary/aromatic N) is 1. The molecule has 2 atom stereocenters. The van der Waals surface area contributed by atoms with Crippen molar-refractivity contribution in [1.82, 2.24) is 4.90 Å². The molecule has 1 aromatic rings. The Morgan fingerprint density at radius 1 is 1.21 bits per heavy atom. The summed E-state index contributed by atoms with van der Waals surface area (Å²) >= 11 is 0. The Hall–Kier alpha value is -1.19. The van der Waals surface area contributed by atoms with Gasteiger partial charge in [-0.05, 0) is 25.8 Å². The first kappa shape index (κ1) is 14.2. The average molecular weight is 261 g/mol. The first-order valence-corrected chi connectivity index (χ1v) is 7.08. The molecule has 3 heteroatoms. The third-order valence-electron chi connectivity index (χ3n) is 3.55. The van der Waals surface area contributed by atoms with Gasteiger partial charge in [-0.1, -0.05) is 31.2 Å². The van der Waals surface area contributed by atoms with E-state index in [2.05, 4.69) is 25.7 Å². The van der Waals surface area contributed by atoms with Crippen molar-refractivity contribution < 1.29 is 9.53 Å². The molecule has 3 nitrogen and oxygen atoms in total. The molecule has 0 N–H and O–H groups in total. The van der Waals surface area contributed by atoms with E-state index in [4.69, 9.17) is 4.74 Å². The molecule has 2 rings (SSSR count). The number of benzene rings is 1. The van der Waals surface area contributed by atoms with E-state index in [1.165, 1.54) is 5.56 Å². The van der Waals surface area contributed by atoms with E-state index in [-0.39, 0.29) is 18.0 Å². The van der Waals surface area contributed by atoms with Crippen molar-refractivity contribution in [2.45, 2.75) is 39.4 Å². The molecule has 1 saturated heterocycles. The summed E-state index contributed by atoms with van der Waals surface area (Å²) in [5, 5.41) is 0. The summed E-state index contributed by atoms with van der Waals surface area (Å²) in [5.41, 5.74) is 2.08. The van der Waals surface area contributed by atoms with Crippen LogP contribution in [0.2, 0.25) is 0 Å². The van der Waals surface area contributed by atoms with Crippen LogP contribution in [0.4, 0.5) is 0 Å². The fourth-order valence-electron chi connectivity index (χ4n) is 2.63. The van der Waals surface area contributed by atoms with Gasteiger partial charge in [0, 0.05) is 18.7 Å². The minimum absolute atomic E-state index is 0.198. The Bertz CT molecular complexity index is 417. The van der Waals surface area contributed by atoms with Crippen LogP contribution in [0.3, 0.4) is 0 Å². The molecule has 1 aromatic carbocycles. The SMILES string of the molecule is CCc1ccc(C(=O)CN2CC(C)OC(C)C2)cc1. The fourth-order valence-corrected chi connectivity index (χ4v) is 2.63. The van der Waals surface area contributed by atoms with Crippen molar-refractivity contribution in [3.05, 3.63) is 35.4 Å². The van der Waals surface area contributed by atoms with Crippen molar-refractivity contribution in [1.29, 1.82) is 0 Å². The smallest absolute Gasteiger partial charge is 0.176 e. The number of carbonyl (C=O) groups excluding carboxylic acids is 1. The maximum Gasteiger partial charge on any atom is 0.176 e. The van der Waals surface area contributed by atoms with Gasteiger partial charge in [-0.25, -0.2) is 0 Å². The largest absolute Gasteiger partial charge is 0.373 e. The molecule has 0 aliphatic carbocycles. The molecule has 1 heterocycles. The van der Waals surface area contributed by atoms with Crippen molar-refractivity contribution in [3.8, 4) is 0 Å². The topological polar surface area (TPSA) is 29.5 Å².